The van der Waals surface area contributed by atoms with E-state index < -0.39 is 0 Å². The Balaban J connectivity index is 2.41. The quantitative estimate of drug-likeness (QED) is 0.854. The normalized spacial score (nSPS) is 9.81. The average Bonchev–Trinajstić information content (AvgIpc) is 2.54. The number of ether oxygens (including phenoxy) is 2. The predicted octanol–water partition coefficient (Wildman–Crippen LogP) is 3.50. The van der Waals surface area contributed by atoms with Crippen molar-refractivity contribution in [3.05, 3.63) is 55.1 Å². The van der Waals surface area contributed by atoms with Gasteiger partial charge in [0.15, 0.2) is 0 Å². The van der Waals surface area contributed by atoms with Gasteiger partial charge in [0.05, 0.1) is 14.2 Å². The van der Waals surface area contributed by atoms with Crippen molar-refractivity contribution in [2.24, 2.45) is 0 Å². The van der Waals surface area contributed by atoms with Gasteiger partial charge >= 0.3 is 0 Å². The number of benzene rings is 2. The highest BCUT2D eigenvalue weighted by Gasteiger charge is 2.08. The summed E-state index contributed by atoms with van der Waals surface area (Å²) in [5.74, 6) is 1.27. The van der Waals surface area contributed by atoms with Crippen LogP contribution in [0.15, 0.2) is 55.1 Å². The molecule has 0 bridgehead atoms. The number of hydrogen-bond donors (Lipinski definition) is 1. The molecule has 0 heterocycles. The molecular weight excluding hydrogens is 266 g/mol. The summed E-state index contributed by atoms with van der Waals surface area (Å²) in [5, 5.41) is 2.74. The van der Waals surface area contributed by atoms with Crippen LogP contribution in [0.1, 0.15) is 0 Å². The predicted molar refractivity (Wildman–Crippen MR) is 83.8 cm³/mol. The Labute approximate surface area is 124 Å². The first-order valence-electron chi connectivity index (χ1n) is 6.44. The third-order valence-corrected chi connectivity index (χ3v) is 3.05. The first-order chi connectivity index (χ1) is 10.2. The van der Waals surface area contributed by atoms with Gasteiger partial charge in [-0.1, -0.05) is 18.7 Å². The van der Waals surface area contributed by atoms with Crippen molar-refractivity contribution < 1.29 is 14.3 Å². The molecule has 0 aliphatic rings. The first kappa shape index (κ1) is 14.7. The van der Waals surface area contributed by atoms with Gasteiger partial charge in [-0.2, -0.15) is 0 Å². The number of amides is 1. The van der Waals surface area contributed by atoms with Crippen LogP contribution in [0.5, 0.6) is 11.5 Å². The van der Waals surface area contributed by atoms with Gasteiger partial charge in [0.2, 0.25) is 5.91 Å². The Morgan fingerprint density at radius 1 is 1.10 bits per heavy atom. The molecule has 0 saturated carbocycles. The molecule has 1 amide bonds. The summed E-state index contributed by atoms with van der Waals surface area (Å²) in [6, 6.07) is 13.1. The zero-order valence-corrected chi connectivity index (χ0v) is 12.1. The standard InChI is InChI=1S/C17H17NO3/c1-4-17(19)18-13-7-10-16(21-3)15(11-13)12-5-8-14(20-2)9-6-12/h4-11H,1H2,2-3H3,(H,18,19). The van der Waals surface area contributed by atoms with Crippen LogP contribution in [-0.2, 0) is 4.79 Å². The molecule has 0 aliphatic carbocycles. The largest absolute Gasteiger partial charge is 0.497 e. The van der Waals surface area contributed by atoms with Gasteiger partial charge in [0.25, 0.3) is 0 Å². The van der Waals surface area contributed by atoms with Crippen molar-refractivity contribution in [2.75, 3.05) is 19.5 Å². The Hall–Kier alpha value is -2.75. The molecule has 0 unspecified atom stereocenters. The second-order valence-corrected chi connectivity index (χ2v) is 4.34. The number of methoxy groups -OCH3 is 2. The van der Waals surface area contributed by atoms with E-state index in [4.69, 9.17) is 9.47 Å². The van der Waals surface area contributed by atoms with Crippen LogP contribution >= 0.6 is 0 Å². The maximum absolute atomic E-state index is 11.4. The highest BCUT2D eigenvalue weighted by atomic mass is 16.5. The fourth-order valence-electron chi connectivity index (χ4n) is 1.98. The Kier molecular flexibility index (Phi) is 4.61. The summed E-state index contributed by atoms with van der Waals surface area (Å²) >= 11 is 0. The topological polar surface area (TPSA) is 47.6 Å². The summed E-state index contributed by atoms with van der Waals surface area (Å²) in [5.41, 5.74) is 2.55. The third kappa shape index (κ3) is 3.42. The lowest BCUT2D eigenvalue weighted by molar-refractivity contribution is -0.111. The van der Waals surface area contributed by atoms with Crippen molar-refractivity contribution in [1.82, 2.24) is 0 Å². The number of nitrogens with one attached hydrogen (secondary N) is 1. The van der Waals surface area contributed by atoms with E-state index in [0.717, 1.165) is 22.6 Å². The SMILES string of the molecule is C=CC(=O)Nc1ccc(OC)c(-c2ccc(OC)cc2)c1. The summed E-state index contributed by atoms with van der Waals surface area (Å²) in [6.45, 7) is 3.44. The monoisotopic (exact) mass is 283 g/mol. The summed E-state index contributed by atoms with van der Waals surface area (Å²) in [6.07, 6.45) is 1.23. The molecule has 0 aromatic heterocycles. The summed E-state index contributed by atoms with van der Waals surface area (Å²) < 4.78 is 10.5. The maximum Gasteiger partial charge on any atom is 0.247 e. The lowest BCUT2D eigenvalue weighted by Crippen LogP contribution is -2.07. The molecule has 2 rings (SSSR count). The van der Waals surface area contributed by atoms with Crippen molar-refractivity contribution in [1.29, 1.82) is 0 Å². The molecule has 4 heteroatoms. The van der Waals surface area contributed by atoms with Crippen molar-refractivity contribution in [2.45, 2.75) is 0 Å². The molecule has 0 saturated heterocycles. The molecule has 1 N–H and O–H groups in total. The second kappa shape index (κ2) is 6.61. The first-order valence-corrected chi connectivity index (χ1v) is 6.44. The van der Waals surface area contributed by atoms with E-state index in [1.165, 1.54) is 6.08 Å². The van der Waals surface area contributed by atoms with Crippen LogP contribution in [-0.4, -0.2) is 20.1 Å². The second-order valence-electron chi connectivity index (χ2n) is 4.34. The summed E-state index contributed by atoms with van der Waals surface area (Å²) in [4.78, 5) is 11.4. The molecule has 0 fully saturated rings. The zero-order chi connectivity index (χ0) is 15.2. The van der Waals surface area contributed by atoms with E-state index in [1.807, 2.05) is 36.4 Å². The Bertz CT molecular complexity index is 648. The van der Waals surface area contributed by atoms with Gasteiger partial charge in [0, 0.05) is 11.3 Å². The lowest BCUT2D eigenvalue weighted by atomic mass is 10.0. The van der Waals surface area contributed by atoms with Crippen LogP contribution in [0, 0.1) is 0 Å². The van der Waals surface area contributed by atoms with Crippen LogP contribution in [0.2, 0.25) is 0 Å². The van der Waals surface area contributed by atoms with Gasteiger partial charge in [-0.05, 0) is 42.0 Å². The lowest BCUT2D eigenvalue weighted by Gasteiger charge is -2.12. The minimum Gasteiger partial charge on any atom is -0.497 e. The Morgan fingerprint density at radius 2 is 1.81 bits per heavy atom. The van der Waals surface area contributed by atoms with Crippen molar-refractivity contribution >= 4 is 11.6 Å². The van der Waals surface area contributed by atoms with Crippen molar-refractivity contribution in [3.8, 4) is 22.6 Å². The van der Waals surface area contributed by atoms with E-state index in [2.05, 4.69) is 11.9 Å². The highest BCUT2D eigenvalue weighted by molar-refractivity contribution is 5.99. The van der Waals surface area contributed by atoms with E-state index >= 15 is 0 Å². The van der Waals surface area contributed by atoms with Gasteiger partial charge in [-0.15, -0.1) is 0 Å². The number of hydrogen-bond acceptors (Lipinski definition) is 3. The highest BCUT2D eigenvalue weighted by Crippen LogP contribution is 2.33. The molecule has 0 radical (unpaired) electrons. The number of carbonyl (C=O) groups is 1. The Morgan fingerprint density at radius 3 is 2.38 bits per heavy atom. The van der Waals surface area contributed by atoms with Crippen LogP contribution in [0.25, 0.3) is 11.1 Å². The molecule has 21 heavy (non-hydrogen) atoms. The average molecular weight is 283 g/mol. The number of anilines is 1. The zero-order valence-electron chi connectivity index (χ0n) is 12.1. The van der Waals surface area contributed by atoms with Crippen LogP contribution in [0.4, 0.5) is 5.69 Å². The van der Waals surface area contributed by atoms with Crippen LogP contribution in [0.3, 0.4) is 0 Å². The van der Waals surface area contributed by atoms with E-state index in [-0.39, 0.29) is 5.91 Å². The smallest absolute Gasteiger partial charge is 0.247 e. The molecule has 2 aromatic rings. The van der Waals surface area contributed by atoms with Gasteiger partial charge in [-0.25, -0.2) is 0 Å². The minimum atomic E-state index is -0.249. The van der Waals surface area contributed by atoms with Gasteiger partial charge in [-0.3, -0.25) is 4.79 Å². The molecule has 108 valence electrons. The molecular formula is C17H17NO3. The maximum atomic E-state index is 11.4. The third-order valence-electron chi connectivity index (χ3n) is 3.05. The summed E-state index contributed by atoms with van der Waals surface area (Å²) in [7, 11) is 3.24. The molecule has 0 spiro atoms. The fourth-order valence-corrected chi connectivity index (χ4v) is 1.98. The van der Waals surface area contributed by atoms with Gasteiger partial charge < -0.3 is 14.8 Å². The number of rotatable bonds is 5. The molecule has 0 atom stereocenters. The van der Waals surface area contributed by atoms with Gasteiger partial charge in [0.1, 0.15) is 11.5 Å². The minimum absolute atomic E-state index is 0.249. The fraction of sp³-hybridized carbons (Fsp3) is 0.118. The number of carbonyl (C=O) groups excluding carboxylic acids is 1. The van der Waals surface area contributed by atoms with E-state index in [1.54, 1.807) is 20.3 Å². The van der Waals surface area contributed by atoms with E-state index in [0.29, 0.717) is 5.69 Å². The molecule has 4 nitrogen and oxygen atoms in total. The van der Waals surface area contributed by atoms with Crippen LogP contribution < -0.4 is 14.8 Å². The molecule has 0 aliphatic heterocycles. The van der Waals surface area contributed by atoms with E-state index in [9.17, 15) is 4.79 Å². The van der Waals surface area contributed by atoms with Crippen molar-refractivity contribution in [3.63, 3.8) is 0 Å². The molecule has 2 aromatic carbocycles.